The van der Waals surface area contributed by atoms with E-state index in [9.17, 15) is 4.79 Å². The molecule has 1 aromatic heterocycles. The van der Waals surface area contributed by atoms with Gasteiger partial charge in [-0.2, -0.15) is 0 Å². The SMILES string of the molecule is CNc1sc2c(c1C(N)=O)CC(C)(C)NC2(C)C. The lowest BCUT2D eigenvalue weighted by Gasteiger charge is -2.42. The topological polar surface area (TPSA) is 67.1 Å². The monoisotopic (exact) mass is 267 g/mol. The van der Waals surface area contributed by atoms with Crippen LogP contribution in [0, 0.1) is 0 Å². The Morgan fingerprint density at radius 2 is 2.00 bits per heavy atom. The van der Waals surface area contributed by atoms with Crippen LogP contribution in [0.5, 0.6) is 0 Å². The maximum atomic E-state index is 11.7. The number of primary amides is 1. The van der Waals surface area contributed by atoms with E-state index < -0.39 is 0 Å². The van der Waals surface area contributed by atoms with E-state index in [0.29, 0.717) is 5.56 Å². The first-order valence-corrected chi connectivity index (χ1v) is 6.92. The first kappa shape index (κ1) is 13.4. The molecule has 1 amide bonds. The molecule has 0 fully saturated rings. The van der Waals surface area contributed by atoms with Gasteiger partial charge in [0.25, 0.3) is 5.91 Å². The van der Waals surface area contributed by atoms with Crippen LogP contribution in [0.4, 0.5) is 5.00 Å². The van der Waals surface area contributed by atoms with Crippen LogP contribution in [0.1, 0.15) is 48.5 Å². The molecular formula is C13H21N3OS. The van der Waals surface area contributed by atoms with E-state index in [1.807, 2.05) is 7.05 Å². The Labute approximate surface area is 112 Å². The van der Waals surface area contributed by atoms with E-state index in [1.54, 1.807) is 11.3 Å². The van der Waals surface area contributed by atoms with Crippen molar-refractivity contribution in [1.82, 2.24) is 5.32 Å². The molecule has 4 N–H and O–H groups in total. The summed E-state index contributed by atoms with van der Waals surface area (Å²) in [6.07, 6.45) is 0.822. The van der Waals surface area contributed by atoms with Crippen molar-refractivity contribution in [3.8, 4) is 0 Å². The second-order valence-corrected chi connectivity index (χ2v) is 7.06. The quantitative estimate of drug-likeness (QED) is 0.768. The zero-order chi connectivity index (χ0) is 13.7. The molecule has 0 bridgehead atoms. The number of amides is 1. The highest BCUT2D eigenvalue weighted by Crippen LogP contribution is 2.44. The van der Waals surface area contributed by atoms with Crippen LogP contribution in [0.25, 0.3) is 0 Å². The van der Waals surface area contributed by atoms with Crippen LogP contribution in [-0.2, 0) is 12.0 Å². The van der Waals surface area contributed by atoms with Crippen LogP contribution in [-0.4, -0.2) is 18.5 Å². The Balaban J connectivity index is 2.67. The number of hydrogen-bond acceptors (Lipinski definition) is 4. The van der Waals surface area contributed by atoms with Gasteiger partial charge in [0.2, 0.25) is 0 Å². The Morgan fingerprint density at radius 3 is 2.50 bits per heavy atom. The zero-order valence-corrected chi connectivity index (χ0v) is 12.4. The zero-order valence-electron chi connectivity index (χ0n) is 11.6. The highest BCUT2D eigenvalue weighted by Gasteiger charge is 2.41. The lowest BCUT2D eigenvalue weighted by atomic mass is 9.81. The fourth-order valence-electron chi connectivity index (χ4n) is 2.96. The third kappa shape index (κ3) is 2.01. The van der Waals surface area contributed by atoms with Crippen molar-refractivity contribution in [1.29, 1.82) is 0 Å². The van der Waals surface area contributed by atoms with Gasteiger partial charge in [0.15, 0.2) is 0 Å². The Morgan fingerprint density at radius 1 is 1.39 bits per heavy atom. The van der Waals surface area contributed by atoms with Crippen LogP contribution in [0.3, 0.4) is 0 Å². The van der Waals surface area contributed by atoms with E-state index in [4.69, 9.17) is 5.73 Å². The van der Waals surface area contributed by atoms with Crippen molar-refractivity contribution >= 4 is 22.2 Å². The molecule has 2 rings (SSSR count). The van der Waals surface area contributed by atoms with E-state index in [0.717, 1.165) is 17.0 Å². The first-order chi connectivity index (χ1) is 8.18. The second kappa shape index (κ2) is 3.96. The van der Waals surface area contributed by atoms with Gasteiger partial charge in [0.05, 0.1) is 5.56 Å². The number of anilines is 1. The standard InChI is InChI=1S/C13H21N3OS/c1-12(2)6-7-8(10(14)17)11(15-5)18-9(7)13(3,4)16-12/h15-16H,6H2,1-5H3,(H2,14,17). The highest BCUT2D eigenvalue weighted by atomic mass is 32.1. The summed E-state index contributed by atoms with van der Waals surface area (Å²) in [6, 6.07) is 0. The number of carbonyl (C=O) groups is 1. The average molecular weight is 267 g/mol. The summed E-state index contributed by atoms with van der Waals surface area (Å²) >= 11 is 1.62. The molecule has 100 valence electrons. The molecule has 1 aromatic rings. The maximum absolute atomic E-state index is 11.7. The van der Waals surface area contributed by atoms with E-state index in [1.165, 1.54) is 4.88 Å². The lowest BCUT2D eigenvalue weighted by Crippen LogP contribution is -2.55. The predicted octanol–water partition coefficient (Wildman–Crippen LogP) is 2.05. The molecule has 4 nitrogen and oxygen atoms in total. The molecule has 1 aliphatic heterocycles. The van der Waals surface area contributed by atoms with Gasteiger partial charge >= 0.3 is 0 Å². The number of nitrogens with two attached hydrogens (primary N) is 1. The molecule has 0 aromatic carbocycles. The average Bonchev–Trinajstić information content (AvgIpc) is 2.53. The molecule has 0 aliphatic carbocycles. The molecule has 0 radical (unpaired) electrons. The molecule has 1 aliphatic rings. The van der Waals surface area contributed by atoms with Gasteiger partial charge in [-0.25, -0.2) is 0 Å². The first-order valence-electron chi connectivity index (χ1n) is 6.11. The van der Waals surface area contributed by atoms with Gasteiger partial charge in [-0.15, -0.1) is 11.3 Å². The van der Waals surface area contributed by atoms with Crippen molar-refractivity contribution in [3.63, 3.8) is 0 Å². The van der Waals surface area contributed by atoms with Gasteiger partial charge < -0.3 is 16.4 Å². The third-order valence-electron chi connectivity index (χ3n) is 3.32. The molecular weight excluding hydrogens is 246 g/mol. The van der Waals surface area contributed by atoms with E-state index >= 15 is 0 Å². The number of thiophene rings is 1. The summed E-state index contributed by atoms with van der Waals surface area (Å²) in [5.41, 5.74) is 7.14. The van der Waals surface area contributed by atoms with Crippen molar-refractivity contribution in [2.75, 3.05) is 12.4 Å². The summed E-state index contributed by atoms with van der Waals surface area (Å²) in [7, 11) is 1.83. The Hall–Kier alpha value is -1.07. The third-order valence-corrected chi connectivity index (χ3v) is 4.89. The second-order valence-electron chi connectivity index (χ2n) is 6.04. The van der Waals surface area contributed by atoms with Gasteiger partial charge in [0, 0.05) is 23.0 Å². The van der Waals surface area contributed by atoms with E-state index in [2.05, 4.69) is 38.3 Å². The summed E-state index contributed by atoms with van der Waals surface area (Å²) < 4.78 is 0. The van der Waals surface area contributed by atoms with Gasteiger partial charge in [-0.1, -0.05) is 0 Å². The van der Waals surface area contributed by atoms with Crippen LogP contribution >= 0.6 is 11.3 Å². The number of hydrogen-bond donors (Lipinski definition) is 3. The molecule has 5 heteroatoms. The number of rotatable bonds is 2. The van der Waals surface area contributed by atoms with Crippen LogP contribution < -0.4 is 16.4 Å². The summed E-state index contributed by atoms with van der Waals surface area (Å²) in [6.45, 7) is 8.60. The number of carbonyl (C=O) groups excluding carboxylic acids is 1. The minimum Gasteiger partial charge on any atom is -0.379 e. The Bertz CT molecular complexity index is 503. The molecule has 0 atom stereocenters. The number of nitrogens with one attached hydrogen (secondary N) is 2. The normalized spacial score (nSPS) is 20.3. The minimum absolute atomic E-state index is 0.0349. The molecule has 18 heavy (non-hydrogen) atoms. The predicted molar refractivity (Wildman–Crippen MR) is 76.3 cm³/mol. The van der Waals surface area contributed by atoms with Gasteiger partial charge in [-0.3, -0.25) is 4.79 Å². The van der Waals surface area contributed by atoms with Crippen LogP contribution in [0.2, 0.25) is 0 Å². The maximum Gasteiger partial charge on any atom is 0.251 e. The van der Waals surface area contributed by atoms with Crippen molar-refractivity contribution in [3.05, 3.63) is 16.0 Å². The number of fused-ring (bicyclic) bond motifs is 1. The molecule has 2 heterocycles. The summed E-state index contributed by atoms with van der Waals surface area (Å²) in [5, 5.41) is 7.59. The molecule has 0 saturated carbocycles. The molecule has 0 spiro atoms. The van der Waals surface area contributed by atoms with Gasteiger partial charge in [0.1, 0.15) is 5.00 Å². The van der Waals surface area contributed by atoms with E-state index in [-0.39, 0.29) is 17.0 Å². The van der Waals surface area contributed by atoms with Crippen LogP contribution in [0.15, 0.2) is 0 Å². The molecule has 0 saturated heterocycles. The summed E-state index contributed by atoms with van der Waals surface area (Å²) in [5.74, 6) is -0.342. The fourth-order valence-corrected chi connectivity index (χ4v) is 4.20. The van der Waals surface area contributed by atoms with Crippen molar-refractivity contribution < 1.29 is 4.79 Å². The lowest BCUT2D eigenvalue weighted by molar-refractivity contribution is 0.0999. The summed E-state index contributed by atoms with van der Waals surface area (Å²) in [4.78, 5) is 12.9. The fraction of sp³-hybridized carbons (Fsp3) is 0.615. The molecule has 0 unspecified atom stereocenters. The van der Waals surface area contributed by atoms with Gasteiger partial charge in [-0.05, 0) is 39.7 Å². The highest BCUT2D eigenvalue weighted by molar-refractivity contribution is 7.17. The van der Waals surface area contributed by atoms with Crippen molar-refractivity contribution in [2.45, 2.75) is 45.2 Å². The minimum atomic E-state index is -0.342. The Kier molecular flexibility index (Phi) is 2.94. The largest absolute Gasteiger partial charge is 0.379 e. The smallest absolute Gasteiger partial charge is 0.251 e. The van der Waals surface area contributed by atoms with Crippen molar-refractivity contribution in [2.24, 2.45) is 5.73 Å².